The molecular weight excluding hydrogens is 428 g/mol. The van der Waals surface area contributed by atoms with Gasteiger partial charge in [0, 0.05) is 5.56 Å². The van der Waals surface area contributed by atoms with E-state index in [1.165, 1.54) is 13.2 Å². The van der Waals surface area contributed by atoms with Crippen molar-refractivity contribution in [1.29, 1.82) is 0 Å². The van der Waals surface area contributed by atoms with Crippen LogP contribution in [0.4, 0.5) is 4.79 Å². The average Bonchev–Trinajstić information content (AvgIpc) is 2.80. The monoisotopic (exact) mass is 452 g/mol. The summed E-state index contributed by atoms with van der Waals surface area (Å²) in [6.45, 7) is 3.91. The number of hydrogen-bond acceptors (Lipinski definition) is 4. The van der Waals surface area contributed by atoms with E-state index in [2.05, 4.69) is 5.43 Å². The Bertz CT molecular complexity index is 1070. The van der Waals surface area contributed by atoms with Gasteiger partial charge in [-0.25, -0.2) is 9.80 Å². The first kappa shape index (κ1) is 23.2. The molecule has 0 aromatic heterocycles. The van der Waals surface area contributed by atoms with E-state index in [0.717, 1.165) is 21.7 Å². The van der Waals surface area contributed by atoms with Crippen molar-refractivity contribution in [2.45, 2.75) is 26.5 Å². The Kier molecular flexibility index (Phi) is 7.73. The van der Waals surface area contributed by atoms with Gasteiger partial charge in [0.1, 0.15) is 5.75 Å². The summed E-state index contributed by atoms with van der Waals surface area (Å²) in [5.74, 6) is -0.00384. The first-order chi connectivity index (χ1) is 15.4. The quantitative estimate of drug-likeness (QED) is 0.486. The molecule has 0 unspecified atom stereocenters. The standard InChI is InChI=1S/C25H25ClN2O4/c1-17(2)32-23-14-13-21(15-22(23)26)24(29)27-28(25(30)31-3)16-18-9-11-20(12-10-18)19-7-5-4-6-8-19/h4-15,17H,16H2,1-3H3,(H,27,29). The highest BCUT2D eigenvalue weighted by molar-refractivity contribution is 6.32. The molecule has 3 rings (SSSR count). The van der Waals surface area contributed by atoms with Crippen LogP contribution in [0.2, 0.25) is 5.02 Å². The Morgan fingerprint density at radius 3 is 2.22 bits per heavy atom. The summed E-state index contributed by atoms with van der Waals surface area (Å²) in [4.78, 5) is 25.0. The topological polar surface area (TPSA) is 67.9 Å². The molecule has 0 spiro atoms. The molecule has 0 saturated heterocycles. The fraction of sp³-hybridized carbons (Fsp3) is 0.200. The number of carbonyl (C=O) groups excluding carboxylic acids is 2. The van der Waals surface area contributed by atoms with Crippen LogP contribution in [0, 0.1) is 0 Å². The van der Waals surface area contributed by atoms with E-state index in [1.807, 2.05) is 68.4 Å². The molecule has 1 N–H and O–H groups in total. The highest BCUT2D eigenvalue weighted by Crippen LogP contribution is 2.26. The number of methoxy groups -OCH3 is 1. The van der Waals surface area contributed by atoms with Crippen LogP contribution in [0.1, 0.15) is 29.8 Å². The van der Waals surface area contributed by atoms with Gasteiger partial charge in [-0.15, -0.1) is 0 Å². The second-order valence-corrected chi connectivity index (χ2v) is 7.78. The Balaban J connectivity index is 1.72. The second-order valence-electron chi connectivity index (χ2n) is 7.37. The Labute approximate surface area is 192 Å². The number of nitrogens with one attached hydrogen (secondary N) is 1. The van der Waals surface area contributed by atoms with Crippen LogP contribution in [0.5, 0.6) is 5.75 Å². The number of hydrazine groups is 1. The van der Waals surface area contributed by atoms with E-state index in [0.29, 0.717) is 16.3 Å². The van der Waals surface area contributed by atoms with Gasteiger partial charge in [0.15, 0.2) is 0 Å². The fourth-order valence-electron chi connectivity index (χ4n) is 3.05. The molecule has 0 aliphatic rings. The van der Waals surface area contributed by atoms with Crippen LogP contribution in [-0.4, -0.2) is 30.2 Å². The summed E-state index contributed by atoms with van der Waals surface area (Å²) in [5, 5.41) is 1.43. The predicted octanol–water partition coefficient (Wildman–Crippen LogP) is 5.71. The van der Waals surface area contributed by atoms with E-state index in [4.69, 9.17) is 21.1 Å². The zero-order valence-corrected chi connectivity index (χ0v) is 18.9. The van der Waals surface area contributed by atoms with Crippen LogP contribution < -0.4 is 10.2 Å². The van der Waals surface area contributed by atoms with Crippen molar-refractivity contribution < 1.29 is 19.1 Å². The fourth-order valence-corrected chi connectivity index (χ4v) is 3.28. The molecule has 0 fully saturated rings. The lowest BCUT2D eigenvalue weighted by atomic mass is 10.0. The number of halogens is 1. The second kappa shape index (κ2) is 10.7. The molecule has 0 atom stereocenters. The maximum absolute atomic E-state index is 12.7. The van der Waals surface area contributed by atoms with Crippen LogP contribution in [0.25, 0.3) is 11.1 Å². The molecule has 3 aromatic rings. The minimum absolute atomic E-state index is 0.0460. The van der Waals surface area contributed by atoms with Crippen molar-refractivity contribution in [2.75, 3.05) is 7.11 Å². The Morgan fingerprint density at radius 2 is 1.62 bits per heavy atom. The minimum Gasteiger partial charge on any atom is -0.489 e. The van der Waals surface area contributed by atoms with Gasteiger partial charge < -0.3 is 9.47 Å². The zero-order valence-electron chi connectivity index (χ0n) is 18.2. The van der Waals surface area contributed by atoms with Gasteiger partial charge in [-0.1, -0.05) is 66.2 Å². The third-order valence-electron chi connectivity index (χ3n) is 4.59. The Morgan fingerprint density at radius 1 is 0.969 bits per heavy atom. The molecule has 6 nitrogen and oxygen atoms in total. The molecule has 0 radical (unpaired) electrons. The molecule has 0 heterocycles. The highest BCUT2D eigenvalue weighted by atomic mass is 35.5. The van der Waals surface area contributed by atoms with Crippen LogP contribution in [0.3, 0.4) is 0 Å². The third kappa shape index (κ3) is 6.02. The number of rotatable bonds is 6. The first-order valence-corrected chi connectivity index (χ1v) is 10.5. The summed E-state index contributed by atoms with van der Waals surface area (Å²) >= 11 is 6.23. The lowest BCUT2D eigenvalue weighted by Gasteiger charge is -2.22. The van der Waals surface area contributed by atoms with Gasteiger partial charge in [0.05, 0.1) is 24.8 Å². The smallest absolute Gasteiger partial charge is 0.428 e. The molecule has 0 aliphatic carbocycles. The highest BCUT2D eigenvalue weighted by Gasteiger charge is 2.19. The number of benzene rings is 3. The number of amides is 2. The van der Waals surface area contributed by atoms with Gasteiger partial charge >= 0.3 is 6.09 Å². The number of nitrogens with zero attached hydrogens (tertiary/aromatic N) is 1. The van der Waals surface area contributed by atoms with Crippen molar-refractivity contribution in [3.05, 3.63) is 88.9 Å². The molecule has 2 amide bonds. The van der Waals surface area contributed by atoms with Gasteiger partial charge in [0.25, 0.3) is 5.91 Å². The summed E-state index contributed by atoms with van der Waals surface area (Å²) in [6.07, 6.45) is -0.730. The molecule has 32 heavy (non-hydrogen) atoms. The van der Waals surface area contributed by atoms with E-state index >= 15 is 0 Å². The molecular formula is C25H25ClN2O4. The van der Waals surface area contributed by atoms with Crippen molar-refractivity contribution >= 4 is 23.6 Å². The van der Waals surface area contributed by atoms with E-state index in [1.54, 1.807) is 12.1 Å². The largest absolute Gasteiger partial charge is 0.489 e. The molecule has 0 bridgehead atoms. The summed E-state index contributed by atoms with van der Waals surface area (Å²) in [6, 6.07) is 22.4. The van der Waals surface area contributed by atoms with Crippen molar-refractivity contribution in [3.63, 3.8) is 0 Å². The summed E-state index contributed by atoms with van der Waals surface area (Å²) in [5.41, 5.74) is 5.86. The maximum Gasteiger partial charge on any atom is 0.428 e. The van der Waals surface area contributed by atoms with Crippen molar-refractivity contribution in [2.24, 2.45) is 0 Å². The lowest BCUT2D eigenvalue weighted by molar-refractivity contribution is 0.0691. The van der Waals surface area contributed by atoms with Gasteiger partial charge in [-0.2, -0.15) is 0 Å². The lowest BCUT2D eigenvalue weighted by Crippen LogP contribution is -2.45. The van der Waals surface area contributed by atoms with Gasteiger partial charge in [-0.05, 0) is 48.7 Å². The number of carbonyl (C=O) groups is 2. The van der Waals surface area contributed by atoms with Crippen molar-refractivity contribution in [1.82, 2.24) is 10.4 Å². The molecule has 166 valence electrons. The van der Waals surface area contributed by atoms with Crippen LogP contribution in [-0.2, 0) is 11.3 Å². The van der Waals surface area contributed by atoms with Gasteiger partial charge in [-0.3, -0.25) is 10.2 Å². The summed E-state index contributed by atoms with van der Waals surface area (Å²) < 4.78 is 10.4. The first-order valence-electron chi connectivity index (χ1n) is 10.1. The Hall–Kier alpha value is -3.51. The molecule has 0 aliphatic heterocycles. The van der Waals surface area contributed by atoms with Crippen LogP contribution in [0.15, 0.2) is 72.8 Å². The zero-order chi connectivity index (χ0) is 23.1. The predicted molar refractivity (Wildman–Crippen MR) is 125 cm³/mol. The van der Waals surface area contributed by atoms with E-state index < -0.39 is 12.0 Å². The van der Waals surface area contributed by atoms with Gasteiger partial charge in [0.2, 0.25) is 0 Å². The molecule has 3 aromatic carbocycles. The average molecular weight is 453 g/mol. The van der Waals surface area contributed by atoms with E-state index in [-0.39, 0.29) is 12.6 Å². The molecule has 0 saturated carbocycles. The van der Waals surface area contributed by atoms with E-state index in [9.17, 15) is 9.59 Å². The molecule has 7 heteroatoms. The summed E-state index contributed by atoms with van der Waals surface area (Å²) in [7, 11) is 1.26. The van der Waals surface area contributed by atoms with Crippen LogP contribution >= 0.6 is 11.6 Å². The normalized spacial score (nSPS) is 10.5. The maximum atomic E-state index is 12.7. The minimum atomic E-state index is -0.684. The number of ether oxygens (including phenoxy) is 2. The van der Waals surface area contributed by atoms with Crippen molar-refractivity contribution in [3.8, 4) is 16.9 Å². The number of hydrogen-bond donors (Lipinski definition) is 1. The third-order valence-corrected chi connectivity index (χ3v) is 4.89. The SMILES string of the molecule is COC(=O)N(Cc1ccc(-c2ccccc2)cc1)NC(=O)c1ccc(OC(C)C)c(Cl)c1.